The minimum atomic E-state index is -0.201. The van der Waals surface area contributed by atoms with Crippen LogP contribution >= 0.6 is 0 Å². The predicted molar refractivity (Wildman–Crippen MR) is 104 cm³/mol. The topological polar surface area (TPSA) is 68.7 Å². The van der Waals surface area contributed by atoms with E-state index in [1.165, 1.54) is 0 Å². The Bertz CT molecular complexity index is 1080. The van der Waals surface area contributed by atoms with Crippen molar-refractivity contribution in [1.29, 1.82) is 0 Å². The molecular formula is C22H20N2O4. The van der Waals surface area contributed by atoms with Gasteiger partial charge in [0.25, 0.3) is 5.91 Å². The molecule has 0 unspecified atom stereocenters. The maximum absolute atomic E-state index is 13.4. The first-order valence-corrected chi connectivity index (χ1v) is 8.93. The third-order valence-electron chi connectivity index (χ3n) is 4.65. The lowest BCUT2D eigenvalue weighted by Gasteiger charge is -2.21. The third kappa shape index (κ3) is 3.49. The molecule has 0 fully saturated rings. The fourth-order valence-electron chi connectivity index (χ4n) is 3.18. The maximum atomic E-state index is 13.4. The zero-order valence-electron chi connectivity index (χ0n) is 15.7. The Balaban J connectivity index is 1.70. The van der Waals surface area contributed by atoms with E-state index in [-0.39, 0.29) is 5.91 Å². The molecule has 3 aromatic heterocycles. The number of pyridine rings is 1. The molecule has 28 heavy (non-hydrogen) atoms. The zero-order valence-corrected chi connectivity index (χ0v) is 15.7. The lowest BCUT2D eigenvalue weighted by molar-refractivity contribution is 0.0686. The average Bonchev–Trinajstić information content (AvgIpc) is 3.35. The van der Waals surface area contributed by atoms with Crippen molar-refractivity contribution in [3.05, 3.63) is 83.8 Å². The van der Waals surface area contributed by atoms with Gasteiger partial charge in [0.2, 0.25) is 0 Å². The van der Waals surface area contributed by atoms with Gasteiger partial charge in [-0.2, -0.15) is 0 Å². The highest BCUT2D eigenvalue weighted by Crippen LogP contribution is 2.30. The summed E-state index contributed by atoms with van der Waals surface area (Å²) in [6.07, 6.45) is 5.05. The Kier molecular flexibility index (Phi) is 4.85. The van der Waals surface area contributed by atoms with Gasteiger partial charge in [0, 0.05) is 29.9 Å². The van der Waals surface area contributed by atoms with Crippen LogP contribution in [0.1, 0.15) is 27.4 Å². The van der Waals surface area contributed by atoms with E-state index in [0.717, 1.165) is 22.3 Å². The summed E-state index contributed by atoms with van der Waals surface area (Å²) >= 11 is 0. The lowest BCUT2D eigenvalue weighted by Crippen LogP contribution is -2.30. The summed E-state index contributed by atoms with van der Waals surface area (Å²) in [5.74, 6) is 1.54. The van der Waals surface area contributed by atoms with Crippen molar-refractivity contribution in [1.82, 2.24) is 9.88 Å². The quantitative estimate of drug-likeness (QED) is 0.493. The van der Waals surface area contributed by atoms with Crippen molar-refractivity contribution in [3.63, 3.8) is 0 Å². The van der Waals surface area contributed by atoms with Crippen LogP contribution in [0.15, 0.2) is 70.0 Å². The Morgan fingerprint density at radius 2 is 2.07 bits per heavy atom. The van der Waals surface area contributed by atoms with Gasteiger partial charge in [-0.1, -0.05) is 6.07 Å². The summed E-state index contributed by atoms with van der Waals surface area (Å²) in [4.78, 5) is 19.2. The van der Waals surface area contributed by atoms with Gasteiger partial charge in [-0.3, -0.25) is 9.78 Å². The number of ether oxygens (including phenoxy) is 1. The molecule has 0 saturated carbocycles. The van der Waals surface area contributed by atoms with Crippen molar-refractivity contribution in [2.24, 2.45) is 0 Å². The molecule has 0 bridgehead atoms. The highest BCUT2D eigenvalue weighted by atomic mass is 16.5. The number of furan rings is 2. The van der Waals surface area contributed by atoms with E-state index in [1.54, 1.807) is 36.7 Å². The Hall–Kier alpha value is -3.54. The molecule has 0 N–H and O–H groups in total. The molecule has 0 aliphatic rings. The standard InChI is InChI=1S/C22H20N2O4/c1-15-19-11-17(26-2)7-8-20(19)28-21(15)22(25)24(14-18-6-4-10-27-18)13-16-5-3-9-23-12-16/h3-12H,13-14H2,1-2H3. The van der Waals surface area contributed by atoms with E-state index in [2.05, 4.69) is 4.98 Å². The van der Waals surface area contributed by atoms with Crippen molar-refractivity contribution in [2.75, 3.05) is 7.11 Å². The number of carbonyl (C=O) groups excluding carboxylic acids is 1. The summed E-state index contributed by atoms with van der Waals surface area (Å²) in [5, 5.41) is 0.863. The number of aryl methyl sites for hydroxylation is 1. The number of benzene rings is 1. The highest BCUT2D eigenvalue weighted by Gasteiger charge is 2.24. The molecule has 0 aliphatic heterocycles. The number of hydrogen-bond acceptors (Lipinski definition) is 5. The summed E-state index contributed by atoms with van der Waals surface area (Å²) in [5.41, 5.74) is 2.37. The first kappa shape index (κ1) is 17.9. The second kappa shape index (κ2) is 7.60. The molecule has 0 radical (unpaired) electrons. The van der Waals surface area contributed by atoms with Crippen LogP contribution in [0, 0.1) is 6.92 Å². The molecule has 3 heterocycles. The van der Waals surface area contributed by atoms with Gasteiger partial charge in [-0.05, 0) is 48.9 Å². The fourth-order valence-corrected chi connectivity index (χ4v) is 3.18. The van der Waals surface area contributed by atoms with Crippen molar-refractivity contribution < 1.29 is 18.4 Å². The molecule has 0 spiro atoms. The molecule has 6 nitrogen and oxygen atoms in total. The summed E-state index contributed by atoms with van der Waals surface area (Å²) in [7, 11) is 1.61. The molecule has 4 rings (SSSR count). The van der Waals surface area contributed by atoms with E-state index in [1.807, 2.05) is 43.3 Å². The smallest absolute Gasteiger partial charge is 0.290 e. The number of amides is 1. The molecule has 4 aromatic rings. The van der Waals surface area contributed by atoms with Crippen LogP contribution in [-0.4, -0.2) is 22.9 Å². The lowest BCUT2D eigenvalue weighted by atomic mass is 10.1. The van der Waals surface area contributed by atoms with Crippen LogP contribution in [0.5, 0.6) is 5.75 Å². The van der Waals surface area contributed by atoms with Crippen molar-refractivity contribution >= 4 is 16.9 Å². The molecular weight excluding hydrogens is 356 g/mol. The van der Waals surface area contributed by atoms with Crippen LogP contribution in [0.2, 0.25) is 0 Å². The molecule has 0 aliphatic carbocycles. The van der Waals surface area contributed by atoms with Gasteiger partial charge in [0.15, 0.2) is 5.76 Å². The number of hydrogen-bond donors (Lipinski definition) is 0. The van der Waals surface area contributed by atoms with Crippen LogP contribution < -0.4 is 4.74 Å². The van der Waals surface area contributed by atoms with Gasteiger partial charge in [-0.15, -0.1) is 0 Å². The van der Waals surface area contributed by atoms with E-state index >= 15 is 0 Å². The second-order valence-electron chi connectivity index (χ2n) is 6.52. The monoisotopic (exact) mass is 376 g/mol. The van der Waals surface area contributed by atoms with Crippen LogP contribution in [0.25, 0.3) is 11.0 Å². The minimum absolute atomic E-state index is 0.201. The van der Waals surface area contributed by atoms with Gasteiger partial charge in [0.05, 0.1) is 19.9 Å². The number of rotatable bonds is 6. The van der Waals surface area contributed by atoms with Gasteiger partial charge >= 0.3 is 0 Å². The summed E-state index contributed by atoms with van der Waals surface area (Å²) < 4.78 is 16.6. The van der Waals surface area contributed by atoms with Gasteiger partial charge in [0.1, 0.15) is 17.1 Å². The van der Waals surface area contributed by atoms with E-state index < -0.39 is 0 Å². The summed E-state index contributed by atoms with van der Waals surface area (Å²) in [6, 6.07) is 12.9. The largest absolute Gasteiger partial charge is 0.497 e. The Morgan fingerprint density at radius 3 is 2.79 bits per heavy atom. The molecule has 1 aromatic carbocycles. The first-order chi connectivity index (χ1) is 13.7. The normalized spacial score (nSPS) is 10.9. The number of methoxy groups -OCH3 is 1. The SMILES string of the molecule is COc1ccc2oc(C(=O)N(Cc3cccnc3)Cc3ccco3)c(C)c2c1. The Morgan fingerprint density at radius 1 is 1.18 bits per heavy atom. The fraction of sp³-hybridized carbons (Fsp3) is 0.182. The average molecular weight is 376 g/mol. The Labute approximate surface area is 162 Å². The van der Waals surface area contributed by atoms with Crippen LogP contribution in [-0.2, 0) is 13.1 Å². The maximum Gasteiger partial charge on any atom is 0.290 e. The molecule has 142 valence electrons. The third-order valence-corrected chi connectivity index (χ3v) is 4.65. The van der Waals surface area contributed by atoms with Gasteiger partial charge in [-0.25, -0.2) is 0 Å². The van der Waals surface area contributed by atoms with Crippen molar-refractivity contribution in [3.8, 4) is 5.75 Å². The minimum Gasteiger partial charge on any atom is -0.497 e. The van der Waals surface area contributed by atoms with Crippen LogP contribution in [0.3, 0.4) is 0 Å². The molecule has 6 heteroatoms. The van der Waals surface area contributed by atoms with Crippen LogP contribution in [0.4, 0.5) is 0 Å². The van der Waals surface area contributed by atoms with E-state index in [9.17, 15) is 4.79 Å². The van der Waals surface area contributed by atoms with Crippen molar-refractivity contribution in [2.45, 2.75) is 20.0 Å². The number of carbonyl (C=O) groups is 1. The van der Waals surface area contributed by atoms with E-state index in [4.69, 9.17) is 13.6 Å². The summed E-state index contributed by atoms with van der Waals surface area (Å²) in [6.45, 7) is 2.61. The predicted octanol–water partition coefficient (Wildman–Crippen LogP) is 4.58. The molecule has 1 amide bonds. The number of aromatic nitrogens is 1. The van der Waals surface area contributed by atoms with Gasteiger partial charge < -0.3 is 18.5 Å². The number of nitrogens with zero attached hydrogens (tertiary/aromatic N) is 2. The highest BCUT2D eigenvalue weighted by molar-refractivity contribution is 5.99. The zero-order chi connectivity index (χ0) is 19.5. The number of fused-ring (bicyclic) bond motifs is 1. The molecule has 0 saturated heterocycles. The second-order valence-corrected chi connectivity index (χ2v) is 6.52. The first-order valence-electron chi connectivity index (χ1n) is 8.93. The van der Waals surface area contributed by atoms with E-state index in [0.29, 0.717) is 30.2 Å². The molecule has 0 atom stereocenters.